The van der Waals surface area contributed by atoms with E-state index in [-0.39, 0.29) is 11.3 Å². The van der Waals surface area contributed by atoms with Gasteiger partial charge in [0, 0.05) is 12.1 Å². The van der Waals surface area contributed by atoms with Gasteiger partial charge in [0.1, 0.15) is 5.75 Å². The maximum Gasteiger partial charge on any atom is 0.343 e. The summed E-state index contributed by atoms with van der Waals surface area (Å²) in [4.78, 5) is 12.6. The lowest BCUT2D eigenvalue weighted by atomic mass is 10.1. The van der Waals surface area contributed by atoms with Crippen molar-refractivity contribution >= 4 is 16.1 Å². The van der Waals surface area contributed by atoms with Crippen LogP contribution in [-0.4, -0.2) is 42.4 Å². The number of esters is 1. The lowest BCUT2D eigenvalue weighted by molar-refractivity contribution is 0.0729. The van der Waals surface area contributed by atoms with Gasteiger partial charge in [-0.15, -0.1) is 0 Å². The number of ether oxygens (including phenoxy) is 2. The number of nitrogens with one attached hydrogen (secondary N) is 1. The zero-order valence-corrected chi connectivity index (χ0v) is 21.9. The molecule has 0 spiro atoms. The molecular formula is C27H33NO7S. The van der Waals surface area contributed by atoms with Gasteiger partial charge >= 0.3 is 5.97 Å². The van der Waals surface area contributed by atoms with Gasteiger partial charge in [-0.1, -0.05) is 42.0 Å². The molecule has 1 atom stereocenters. The van der Waals surface area contributed by atoms with Crippen molar-refractivity contribution in [1.82, 2.24) is 5.32 Å². The number of carbonyl (C=O) groups is 1. The summed E-state index contributed by atoms with van der Waals surface area (Å²) in [6.07, 6.45) is -0.0469. The fourth-order valence-corrected chi connectivity index (χ4v) is 2.88. The molecule has 3 aromatic rings. The van der Waals surface area contributed by atoms with Gasteiger partial charge in [0.05, 0.1) is 17.9 Å². The number of aliphatic hydroxyl groups is 1. The Balaban J connectivity index is 0.000000830. The number of hydrogen-bond donors (Lipinski definition) is 3. The number of aliphatic hydroxyl groups excluding tert-OH is 1. The van der Waals surface area contributed by atoms with Crippen molar-refractivity contribution in [2.24, 2.45) is 0 Å². The zero-order chi connectivity index (χ0) is 26.9. The SMILES string of the molecule is CS(=O)(=O)O.Cc1ccc(Oc2ccc(C(O)CNC(C)(C)C)cc2OC(=O)c2ccccc2)cc1. The van der Waals surface area contributed by atoms with Crippen molar-refractivity contribution in [3.05, 3.63) is 89.5 Å². The van der Waals surface area contributed by atoms with Gasteiger partial charge in [-0.3, -0.25) is 4.55 Å². The van der Waals surface area contributed by atoms with E-state index in [9.17, 15) is 18.3 Å². The molecule has 36 heavy (non-hydrogen) atoms. The molecule has 0 saturated heterocycles. The van der Waals surface area contributed by atoms with Crippen molar-refractivity contribution < 1.29 is 32.3 Å². The van der Waals surface area contributed by atoms with E-state index < -0.39 is 22.2 Å². The first-order valence-electron chi connectivity index (χ1n) is 11.2. The molecule has 0 bridgehead atoms. The summed E-state index contributed by atoms with van der Waals surface area (Å²) < 4.78 is 37.5. The minimum atomic E-state index is -3.67. The van der Waals surface area contributed by atoms with Crippen LogP contribution in [0, 0.1) is 6.92 Å². The molecule has 1 unspecified atom stereocenters. The standard InChI is InChI=1S/C26H29NO4.CH4O3S/c1-18-10-13-21(14-11-18)30-23-15-12-20(22(28)17-27-26(2,3)4)16-24(23)31-25(29)19-8-6-5-7-9-19;1-5(2,3)4/h5-16,22,27-28H,17H2,1-4H3;1H3,(H,2,3,4). The molecule has 0 radical (unpaired) electrons. The molecule has 0 amide bonds. The van der Waals surface area contributed by atoms with E-state index in [1.54, 1.807) is 42.5 Å². The first-order chi connectivity index (χ1) is 16.7. The fraction of sp³-hybridized carbons (Fsp3) is 0.296. The highest BCUT2D eigenvalue weighted by Crippen LogP contribution is 2.35. The smallest absolute Gasteiger partial charge is 0.343 e. The van der Waals surface area contributed by atoms with E-state index >= 15 is 0 Å². The molecule has 0 saturated carbocycles. The van der Waals surface area contributed by atoms with Gasteiger partial charge in [0.25, 0.3) is 10.1 Å². The van der Waals surface area contributed by atoms with Crippen LogP contribution in [0.25, 0.3) is 0 Å². The molecule has 194 valence electrons. The molecule has 0 aliphatic carbocycles. The van der Waals surface area contributed by atoms with E-state index in [2.05, 4.69) is 5.32 Å². The molecule has 0 fully saturated rings. The molecular weight excluding hydrogens is 482 g/mol. The normalized spacial score (nSPS) is 12.2. The van der Waals surface area contributed by atoms with E-state index in [1.807, 2.05) is 58.0 Å². The largest absolute Gasteiger partial charge is 0.453 e. The van der Waals surface area contributed by atoms with Crippen LogP contribution in [0.4, 0.5) is 0 Å². The van der Waals surface area contributed by atoms with Crippen LogP contribution in [0.1, 0.15) is 48.4 Å². The lowest BCUT2D eigenvalue weighted by Gasteiger charge is -2.23. The van der Waals surface area contributed by atoms with Gasteiger partial charge in [0.2, 0.25) is 0 Å². The molecule has 0 heterocycles. The number of aryl methyl sites for hydroxylation is 1. The second kappa shape index (κ2) is 12.6. The van der Waals surface area contributed by atoms with E-state index in [4.69, 9.17) is 14.0 Å². The predicted octanol–water partition coefficient (Wildman–Crippen LogP) is 4.93. The molecule has 0 aromatic heterocycles. The summed E-state index contributed by atoms with van der Waals surface area (Å²) in [5.74, 6) is 0.786. The highest BCUT2D eigenvalue weighted by Gasteiger charge is 2.18. The Hall–Kier alpha value is -3.24. The number of rotatable bonds is 7. The third kappa shape index (κ3) is 11.0. The third-order valence-electron chi connectivity index (χ3n) is 4.64. The summed E-state index contributed by atoms with van der Waals surface area (Å²) in [5, 5.41) is 13.9. The lowest BCUT2D eigenvalue weighted by Crippen LogP contribution is -2.38. The first kappa shape index (κ1) is 29.0. The van der Waals surface area contributed by atoms with Gasteiger partial charge in [-0.25, -0.2) is 4.79 Å². The van der Waals surface area contributed by atoms with Crippen molar-refractivity contribution in [2.75, 3.05) is 12.8 Å². The maximum absolute atomic E-state index is 12.6. The summed E-state index contributed by atoms with van der Waals surface area (Å²) in [7, 11) is -3.67. The molecule has 3 rings (SSSR count). The molecule has 8 nitrogen and oxygen atoms in total. The summed E-state index contributed by atoms with van der Waals surface area (Å²) in [6, 6.07) is 21.5. The summed E-state index contributed by atoms with van der Waals surface area (Å²) in [5.41, 5.74) is 2.05. The average Bonchev–Trinajstić information content (AvgIpc) is 2.79. The van der Waals surface area contributed by atoms with Crippen LogP contribution >= 0.6 is 0 Å². The second-order valence-corrected chi connectivity index (χ2v) is 10.7. The van der Waals surface area contributed by atoms with Gasteiger partial charge in [-0.05, 0) is 69.7 Å². The minimum absolute atomic E-state index is 0.127. The molecule has 3 aromatic carbocycles. The Morgan fingerprint density at radius 3 is 2.11 bits per heavy atom. The number of benzene rings is 3. The molecule has 0 aliphatic heterocycles. The summed E-state index contributed by atoms with van der Waals surface area (Å²) >= 11 is 0. The monoisotopic (exact) mass is 515 g/mol. The summed E-state index contributed by atoms with van der Waals surface area (Å²) in [6.45, 7) is 8.47. The van der Waals surface area contributed by atoms with E-state index in [1.165, 1.54) is 0 Å². The van der Waals surface area contributed by atoms with Crippen LogP contribution in [-0.2, 0) is 10.1 Å². The third-order valence-corrected chi connectivity index (χ3v) is 4.64. The highest BCUT2D eigenvalue weighted by molar-refractivity contribution is 7.85. The van der Waals surface area contributed by atoms with E-state index in [0.717, 1.165) is 5.56 Å². The Labute approximate surface area is 212 Å². The van der Waals surface area contributed by atoms with Crippen LogP contribution in [0.15, 0.2) is 72.8 Å². The fourth-order valence-electron chi connectivity index (χ4n) is 2.88. The Kier molecular flexibility index (Phi) is 10.2. The van der Waals surface area contributed by atoms with Crippen LogP contribution < -0.4 is 14.8 Å². The second-order valence-electron chi connectivity index (χ2n) is 9.26. The molecule has 0 aliphatic rings. The maximum atomic E-state index is 12.6. The van der Waals surface area contributed by atoms with Crippen molar-refractivity contribution in [3.63, 3.8) is 0 Å². The van der Waals surface area contributed by atoms with Crippen molar-refractivity contribution in [3.8, 4) is 17.2 Å². The molecule has 3 N–H and O–H groups in total. The van der Waals surface area contributed by atoms with Gasteiger partial charge < -0.3 is 19.9 Å². The van der Waals surface area contributed by atoms with Crippen LogP contribution in [0.3, 0.4) is 0 Å². The molecule has 9 heteroatoms. The minimum Gasteiger partial charge on any atom is -0.453 e. The quantitative estimate of drug-likeness (QED) is 0.230. The Morgan fingerprint density at radius 1 is 0.972 bits per heavy atom. The van der Waals surface area contributed by atoms with Crippen LogP contribution in [0.2, 0.25) is 0 Å². The van der Waals surface area contributed by atoms with Crippen molar-refractivity contribution in [1.29, 1.82) is 0 Å². The number of carbonyl (C=O) groups excluding carboxylic acids is 1. The van der Waals surface area contributed by atoms with Gasteiger partial charge in [-0.2, -0.15) is 8.42 Å². The Morgan fingerprint density at radius 2 is 1.56 bits per heavy atom. The number of hydrogen-bond acceptors (Lipinski definition) is 7. The first-order valence-corrected chi connectivity index (χ1v) is 13.1. The average molecular weight is 516 g/mol. The van der Waals surface area contributed by atoms with Crippen molar-refractivity contribution in [2.45, 2.75) is 39.3 Å². The zero-order valence-electron chi connectivity index (χ0n) is 21.1. The predicted molar refractivity (Wildman–Crippen MR) is 139 cm³/mol. The van der Waals surface area contributed by atoms with Crippen LogP contribution in [0.5, 0.6) is 17.2 Å². The van der Waals surface area contributed by atoms with Gasteiger partial charge in [0.15, 0.2) is 11.5 Å². The van der Waals surface area contributed by atoms with E-state index in [0.29, 0.717) is 35.4 Å². The Bertz CT molecular complexity index is 1230. The highest BCUT2D eigenvalue weighted by atomic mass is 32.2. The number of β-amino-alcohol motifs (C(OH)–C–C–N with tert-alkyl or cyclic N) is 1. The topological polar surface area (TPSA) is 122 Å².